The molecule has 3 aromatic heterocycles. The van der Waals surface area contributed by atoms with Crippen LogP contribution in [0.1, 0.15) is 13.0 Å². The summed E-state index contributed by atoms with van der Waals surface area (Å²) in [5.74, 6) is 0.717. The van der Waals surface area contributed by atoms with Crippen molar-refractivity contribution in [3.05, 3.63) is 65.4 Å². The highest BCUT2D eigenvalue weighted by Crippen LogP contribution is 2.25. The van der Waals surface area contributed by atoms with Gasteiger partial charge in [0, 0.05) is 55.2 Å². The van der Waals surface area contributed by atoms with Gasteiger partial charge in [-0.1, -0.05) is 17.7 Å². The van der Waals surface area contributed by atoms with Crippen molar-refractivity contribution in [2.75, 3.05) is 35.8 Å². The molecule has 1 N–H and O–H groups in total. The molecule has 1 amide bonds. The molecule has 0 bridgehead atoms. The highest BCUT2D eigenvalue weighted by molar-refractivity contribution is 7.93. The molecule has 4 heterocycles. The summed E-state index contributed by atoms with van der Waals surface area (Å²) in [7, 11) is -3.75. The molecule has 9 nitrogen and oxygen atoms in total. The van der Waals surface area contributed by atoms with Crippen LogP contribution in [0.3, 0.4) is 0 Å². The second-order valence-electron chi connectivity index (χ2n) is 8.21. The average molecular weight is 531 g/mol. The molecule has 12 heteroatoms. The number of sulfonamides is 1. The Bertz CT molecular complexity index is 1450. The van der Waals surface area contributed by atoms with Gasteiger partial charge in [0.25, 0.3) is 10.0 Å². The fraction of sp³-hybridized carbons (Fsp3) is 0.261. The minimum Gasteiger partial charge on any atom is -0.353 e. The van der Waals surface area contributed by atoms with Gasteiger partial charge in [-0.05, 0) is 42.6 Å². The Morgan fingerprint density at radius 2 is 1.91 bits per heavy atom. The van der Waals surface area contributed by atoms with E-state index in [1.807, 2.05) is 51.8 Å². The Kier molecular flexibility index (Phi) is 6.39. The van der Waals surface area contributed by atoms with Gasteiger partial charge in [-0.15, -0.1) is 11.3 Å². The molecule has 1 aliphatic rings. The number of aromatic nitrogens is 3. The molecule has 4 aromatic rings. The zero-order valence-electron chi connectivity index (χ0n) is 18.8. The number of halogens is 1. The van der Waals surface area contributed by atoms with Crippen molar-refractivity contribution < 1.29 is 13.2 Å². The number of carbonyl (C=O) groups is 1. The van der Waals surface area contributed by atoms with Crippen molar-refractivity contribution >= 4 is 60.7 Å². The van der Waals surface area contributed by atoms with Crippen LogP contribution in [0.4, 0.5) is 10.9 Å². The van der Waals surface area contributed by atoms with Crippen LogP contribution in [0.2, 0.25) is 5.02 Å². The minimum absolute atomic E-state index is 0.0461. The lowest BCUT2D eigenvalue weighted by Gasteiger charge is -2.36. The van der Waals surface area contributed by atoms with Gasteiger partial charge in [0.15, 0.2) is 5.13 Å². The van der Waals surface area contributed by atoms with E-state index in [4.69, 9.17) is 11.6 Å². The Balaban J connectivity index is 1.22. The smallest absolute Gasteiger partial charge is 0.265 e. The average Bonchev–Trinajstić information content (AvgIpc) is 3.52. The second-order valence-corrected chi connectivity index (χ2v) is 11.2. The Morgan fingerprint density at radius 1 is 1.11 bits per heavy atom. The van der Waals surface area contributed by atoms with E-state index in [0.29, 0.717) is 42.2 Å². The number of fused-ring (bicyclic) bond motifs is 1. The molecule has 1 aromatic carbocycles. The van der Waals surface area contributed by atoms with Crippen molar-refractivity contribution in [1.29, 1.82) is 0 Å². The number of hydrogen-bond donors (Lipinski definition) is 1. The number of rotatable bonds is 6. The van der Waals surface area contributed by atoms with Gasteiger partial charge in [0.1, 0.15) is 16.8 Å². The SMILES string of the molecule is C[C@H](C(=O)N1CCN(c2ccc(S(=O)(=O)Nc3nccs3)cn2)CC1)n1ccc2ccc(Cl)cc21. The lowest BCUT2D eigenvalue weighted by Crippen LogP contribution is -2.50. The van der Waals surface area contributed by atoms with Gasteiger partial charge in [0.05, 0.1) is 5.52 Å². The van der Waals surface area contributed by atoms with Crippen molar-refractivity contribution in [1.82, 2.24) is 19.4 Å². The summed E-state index contributed by atoms with van der Waals surface area (Å²) in [5.41, 5.74) is 0.931. The van der Waals surface area contributed by atoms with E-state index in [-0.39, 0.29) is 16.8 Å². The summed E-state index contributed by atoms with van der Waals surface area (Å²) in [4.78, 5) is 25.5. The van der Waals surface area contributed by atoms with E-state index in [1.54, 1.807) is 11.4 Å². The van der Waals surface area contributed by atoms with Gasteiger partial charge < -0.3 is 14.4 Å². The van der Waals surface area contributed by atoms with E-state index in [1.165, 1.54) is 29.8 Å². The standard InChI is InChI=1S/C23H23ClN6O3S2/c1-16(30-8-6-17-2-3-18(24)14-20(17)30)22(31)29-11-9-28(10-12-29)21-5-4-19(15-26-21)35(32,33)27-23-25-7-13-34-23/h2-8,13-16H,9-12H2,1H3,(H,25,27)/t16-/m1/s1. The first-order valence-electron chi connectivity index (χ1n) is 11.0. The number of carbonyl (C=O) groups excluding carboxylic acids is 1. The molecule has 1 aliphatic heterocycles. The predicted octanol–water partition coefficient (Wildman–Crippen LogP) is 3.86. The number of pyridine rings is 1. The van der Waals surface area contributed by atoms with Gasteiger partial charge in [-0.3, -0.25) is 9.52 Å². The first-order chi connectivity index (χ1) is 16.8. The van der Waals surface area contributed by atoms with Crippen LogP contribution in [0.5, 0.6) is 0 Å². The van der Waals surface area contributed by atoms with Crippen LogP contribution in [0, 0.1) is 0 Å². The summed E-state index contributed by atoms with van der Waals surface area (Å²) in [6.45, 7) is 4.21. The molecular weight excluding hydrogens is 508 g/mol. The molecule has 5 rings (SSSR count). The van der Waals surface area contributed by atoms with Gasteiger partial charge in [-0.25, -0.2) is 18.4 Å². The number of thiazole rings is 1. The lowest BCUT2D eigenvalue weighted by molar-refractivity contribution is -0.134. The predicted molar refractivity (Wildman–Crippen MR) is 138 cm³/mol. The quantitative estimate of drug-likeness (QED) is 0.406. The molecule has 0 spiro atoms. The number of benzene rings is 1. The molecule has 35 heavy (non-hydrogen) atoms. The topological polar surface area (TPSA) is 100 Å². The summed E-state index contributed by atoms with van der Waals surface area (Å²) in [6.07, 6.45) is 4.79. The van der Waals surface area contributed by atoms with Crippen molar-refractivity contribution in [3.63, 3.8) is 0 Å². The third-order valence-electron chi connectivity index (χ3n) is 6.06. The van der Waals surface area contributed by atoms with Crippen molar-refractivity contribution in [3.8, 4) is 0 Å². The zero-order chi connectivity index (χ0) is 24.6. The van der Waals surface area contributed by atoms with Crippen molar-refractivity contribution in [2.45, 2.75) is 17.9 Å². The molecule has 0 radical (unpaired) electrons. The van der Waals surface area contributed by atoms with E-state index < -0.39 is 10.0 Å². The van der Waals surface area contributed by atoms with Gasteiger partial charge >= 0.3 is 0 Å². The largest absolute Gasteiger partial charge is 0.353 e. The number of piperazine rings is 1. The number of anilines is 2. The third kappa shape index (κ3) is 4.84. The third-order valence-corrected chi connectivity index (χ3v) is 8.44. The highest BCUT2D eigenvalue weighted by atomic mass is 35.5. The molecule has 0 unspecified atom stereocenters. The monoisotopic (exact) mass is 530 g/mol. The molecule has 0 saturated carbocycles. The molecule has 1 atom stereocenters. The van der Waals surface area contributed by atoms with Crippen LogP contribution in [0.15, 0.2) is 65.3 Å². The fourth-order valence-electron chi connectivity index (χ4n) is 4.17. The lowest BCUT2D eigenvalue weighted by atomic mass is 10.2. The first kappa shape index (κ1) is 23.6. The van der Waals surface area contributed by atoms with Crippen LogP contribution in [0.25, 0.3) is 10.9 Å². The maximum Gasteiger partial charge on any atom is 0.265 e. The number of nitrogens with zero attached hydrogens (tertiary/aromatic N) is 5. The van der Waals surface area contributed by atoms with Gasteiger partial charge in [-0.2, -0.15) is 0 Å². The number of hydrogen-bond acceptors (Lipinski definition) is 7. The molecule has 1 saturated heterocycles. The maximum absolute atomic E-state index is 13.2. The minimum atomic E-state index is -3.75. The molecule has 1 fully saturated rings. The summed E-state index contributed by atoms with van der Waals surface area (Å²) >= 11 is 7.37. The molecule has 182 valence electrons. The maximum atomic E-state index is 13.2. The molecule has 0 aliphatic carbocycles. The second kappa shape index (κ2) is 9.48. The van der Waals surface area contributed by atoms with E-state index in [2.05, 4.69) is 14.7 Å². The summed E-state index contributed by atoms with van der Waals surface area (Å²) < 4.78 is 29.4. The Hall–Kier alpha value is -3.15. The van der Waals surface area contributed by atoms with Gasteiger partial charge in [0.2, 0.25) is 5.91 Å². The van der Waals surface area contributed by atoms with E-state index in [9.17, 15) is 13.2 Å². The Labute approximate surface area is 212 Å². The van der Waals surface area contributed by atoms with Crippen LogP contribution in [-0.4, -0.2) is 59.9 Å². The first-order valence-corrected chi connectivity index (χ1v) is 13.7. The van der Waals surface area contributed by atoms with Crippen LogP contribution >= 0.6 is 22.9 Å². The number of nitrogens with one attached hydrogen (secondary N) is 1. The fourth-order valence-corrected chi connectivity index (χ4v) is 6.06. The van der Waals surface area contributed by atoms with Crippen molar-refractivity contribution in [2.24, 2.45) is 0 Å². The molecular formula is C23H23ClN6O3S2. The Morgan fingerprint density at radius 3 is 2.60 bits per heavy atom. The summed E-state index contributed by atoms with van der Waals surface area (Å²) in [5, 5.41) is 3.68. The summed E-state index contributed by atoms with van der Waals surface area (Å²) in [6, 6.07) is 10.5. The normalized spacial score (nSPS) is 15.4. The highest BCUT2D eigenvalue weighted by Gasteiger charge is 2.27. The van der Waals surface area contributed by atoms with Crippen LogP contribution < -0.4 is 9.62 Å². The van der Waals surface area contributed by atoms with E-state index in [0.717, 1.165) is 10.9 Å². The van der Waals surface area contributed by atoms with Crippen LogP contribution in [-0.2, 0) is 14.8 Å². The zero-order valence-corrected chi connectivity index (χ0v) is 21.2. The van der Waals surface area contributed by atoms with E-state index >= 15 is 0 Å². The number of amides is 1.